The molecule has 26 heavy (non-hydrogen) atoms. The Morgan fingerprint density at radius 3 is 2.73 bits per heavy atom. The van der Waals surface area contributed by atoms with Crippen LogP contribution < -0.4 is 5.56 Å². The normalized spacial score (nSPS) is 22.9. The Labute approximate surface area is 152 Å². The van der Waals surface area contributed by atoms with Crippen LogP contribution in [-0.4, -0.2) is 50.7 Å². The van der Waals surface area contributed by atoms with Gasteiger partial charge in [-0.05, 0) is 39.0 Å². The number of aromatic nitrogens is 2. The van der Waals surface area contributed by atoms with Crippen LogP contribution in [0.2, 0.25) is 0 Å². The second-order valence-electron chi connectivity index (χ2n) is 8.14. The fourth-order valence-electron chi connectivity index (χ4n) is 4.03. The number of hydrogen-bond acceptors (Lipinski definition) is 4. The van der Waals surface area contributed by atoms with Gasteiger partial charge in [0.1, 0.15) is 5.82 Å². The van der Waals surface area contributed by atoms with E-state index in [-0.39, 0.29) is 35.8 Å². The van der Waals surface area contributed by atoms with Gasteiger partial charge < -0.3 is 14.8 Å². The van der Waals surface area contributed by atoms with E-state index >= 15 is 0 Å². The summed E-state index contributed by atoms with van der Waals surface area (Å²) in [6, 6.07) is 0.118. The third-order valence-electron chi connectivity index (χ3n) is 5.74. The molecule has 0 aromatic carbocycles. The van der Waals surface area contributed by atoms with E-state index in [1.807, 2.05) is 13.8 Å². The molecule has 3 heterocycles. The zero-order valence-electron chi connectivity index (χ0n) is 15.5. The number of rotatable bonds is 4. The fraction of sp³-hybridized carbons (Fsp3) is 0.684. The monoisotopic (exact) mass is 358 g/mol. The minimum atomic E-state index is -0.278. The molecule has 1 aliphatic carbocycles. The Balaban J connectivity index is 1.49. The number of likely N-dealkylation sites (tertiary alicyclic amines) is 1. The van der Waals surface area contributed by atoms with Gasteiger partial charge in [-0.25, -0.2) is 4.98 Å². The van der Waals surface area contributed by atoms with Gasteiger partial charge in [0.2, 0.25) is 11.8 Å². The predicted octanol–water partition coefficient (Wildman–Crippen LogP) is 0.864. The van der Waals surface area contributed by atoms with Crippen LogP contribution in [-0.2, 0) is 29.0 Å². The summed E-state index contributed by atoms with van der Waals surface area (Å²) < 4.78 is 0. The number of aromatic amines is 1. The molecule has 1 atom stereocenters. The van der Waals surface area contributed by atoms with Gasteiger partial charge in [0.25, 0.3) is 5.56 Å². The van der Waals surface area contributed by atoms with Crippen molar-refractivity contribution in [2.24, 2.45) is 11.8 Å². The first kappa shape index (κ1) is 17.2. The van der Waals surface area contributed by atoms with E-state index in [2.05, 4.69) is 9.97 Å². The predicted molar refractivity (Wildman–Crippen MR) is 95.4 cm³/mol. The van der Waals surface area contributed by atoms with Crippen molar-refractivity contribution in [3.63, 3.8) is 0 Å². The third kappa shape index (κ3) is 3.27. The summed E-state index contributed by atoms with van der Waals surface area (Å²) in [7, 11) is 0. The van der Waals surface area contributed by atoms with Crippen molar-refractivity contribution in [3.8, 4) is 0 Å². The summed E-state index contributed by atoms with van der Waals surface area (Å²) in [5, 5.41) is 0. The molecule has 2 amide bonds. The van der Waals surface area contributed by atoms with Crippen LogP contribution >= 0.6 is 0 Å². The van der Waals surface area contributed by atoms with E-state index in [1.165, 1.54) is 12.8 Å². The highest BCUT2D eigenvalue weighted by molar-refractivity contribution is 5.89. The molecule has 0 radical (unpaired) electrons. The highest BCUT2D eigenvalue weighted by Crippen LogP contribution is 2.31. The van der Waals surface area contributed by atoms with Crippen LogP contribution in [0, 0.1) is 11.8 Å². The quantitative estimate of drug-likeness (QED) is 0.865. The largest absolute Gasteiger partial charge is 0.339 e. The highest BCUT2D eigenvalue weighted by atomic mass is 16.2. The summed E-state index contributed by atoms with van der Waals surface area (Å²) in [6.07, 6.45) is 4.04. The first-order valence-electron chi connectivity index (χ1n) is 9.61. The van der Waals surface area contributed by atoms with Crippen LogP contribution in [0.15, 0.2) is 4.79 Å². The van der Waals surface area contributed by atoms with Crippen molar-refractivity contribution in [3.05, 3.63) is 27.4 Å². The summed E-state index contributed by atoms with van der Waals surface area (Å²) in [4.78, 5) is 48.5. The number of carbonyl (C=O) groups excluding carboxylic acids is 2. The van der Waals surface area contributed by atoms with Crippen LogP contribution in [0.1, 0.15) is 50.2 Å². The van der Waals surface area contributed by atoms with Crippen molar-refractivity contribution < 1.29 is 9.59 Å². The molecule has 0 unspecified atom stereocenters. The second kappa shape index (κ2) is 6.52. The SMILES string of the molecule is CC(C)N1C[C@@H](C(=O)N2CCc3c(nc(CC4CC4)[nH]c3=O)C2)CC1=O. The van der Waals surface area contributed by atoms with E-state index in [1.54, 1.807) is 9.80 Å². The molecular formula is C19H26N4O3. The van der Waals surface area contributed by atoms with E-state index < -0.39 is 0 Å². The fourth-order valence-corrected chi connectivity index (χ4v) is 4.03. The summed E-state index contributed by atoms with van der Waals surface area (Å²) >= 11 is 0. The van der Waals surface area contributed by atoms with Crippen LogP contribution in [0.25, 0.3) is 0 Å². The maximum absolute atomic E-state index is 12.9. The zero-order chi connectivity index (χ0) is 18.4. The van der Waals surface area contributed by atoms with Gasteiger partial charge in [-0.3, -0.25) is 14.4 Å². The lowest BCUT2D eigenvalue weighted by molar-refractivity contribution is -0.136. The molecule has 1 saturated heterocycles. The van der Waals surface area contributed by atoms with E-state index in [0.717, 1.165) is 17.9 Å². The standard InChI is InChI=1S/C19H26N4O3/c1-11(2)23-9-13(8-17(23)24)19(26)22-6-5-14-15(10-22)20-16(21-18(14)25)7-12-3-4-12/h11-13H,3-10H2,1-2H3,(H,20,21,25)/t13-/m0/s1. The van der Waals surface area contributed by atoms with E-state index in [0.29, 0.717) is 37.5 Å². The number of nitrogens with zero attached hydrogens (tertiary/aromatic N) is 3. The minimum Gasteiger partial charge on any atom is -0.339 e. The molecular weight excluding hydrogens is 332 g/mol. The second-order valence-corrected chi connectivity index (χ2v) is 8.14. The van der Waals surface area contributed by atoms with Gasteiger partial charge in [-0.1, -0.05) is 0 Å². The lowest BCUT2D eigenvalue weighted by Crippen LogP contribution is -2.43. The van der Waals surface area contributed by atoms with Crippen molar-refractivity contribution in [1.29, 1.82) is 0 Å². The molecule has 140 valence electrons. The molecule has 0 spiro atoms. The van der Waals surface area contributed by atoms with Gasteiger partial charge in [0, 0.05) is 37.5 Å². The Morgan fingerprint density at radius 2 is 2.08 bits per heavy atom. The maximum Gasteiger partial charge on any atom is 0.254 e. The molecule has 1 aromatic rings. The first-order valence-corrected chi connectivity index (χ1v) is 9.61. The zero-order valence-corrected chi connectivity index (χ0v) is 15.5. The number of hydrogen-bond donors (Lipinski definition) is 1. The van der Waals surface area contributed by atoms with Crippen LogP contribution in [0.3, 0.4) is 0 Å². The van der Waals surface area contributed by atoms with Crippen molar-refractivity contribution in [2.75, 3.05) is 13.1 Å². The van der Waals surface area contributed by atoms with Crippen LogP contribution in [0.5, 0.6) is 0 Å². The summed E-state index contributed by atoms with van der Waals surface area (Å²) in [5.41, 5.74) is 1.38. The third-order valence-corrected chi connectivity index (χ3v) is 5.74. The van der Waals surface area contributed by atoms with E-state index in [4.69, 9.17) is 0 Å². The molecule has 3 aliphatic rings. The minimum absolute atomic E-state index is 0.0120. The lowest BCUT2D eigenvalue weighted by Gasteiger charge is -2.30. The molecule has 0 bridgehead atoms. The smallest absolute Gasteiger partial charge is 0.254 e. The lowest BCUT2D eigenvalue weighted by atomic mass is 10.0. The average Bonchev–Trinajstić information content (AvgIpc) is 3.32. The van der Waals surface area contributed by atoms with Crippen molar-refractivity contribution >= 4 is 11.8 Å². The Morgan fingerprint density at radius 1 is 1.31 bits per heavy atom. The molecule has 1 saturated carbocycles. The van der Waals surface area contributed by atoms with Crippen molar-refractivity contribution in [2.45, 2.75) is 58.5 Å². The Bertz CT molecular complexity index is 796. The Kier molecular flexibility index (Phi) is 4.32. The molecule has 4 rings (SSSR count). The van der Waals surface area contributed by atoms with Gasteiger partial charge in [0.15, 0.2) is 0 Å². The topological polar surface area (TPSA) is 86.4 Å². The molecule has 1 aromatic heterocycles. The van der Waals surface area contributed by atoms with Gasteiger partial charge in [-0.15, -0.1) is 0 Å². The molecule has 1 N–H and O–H groups in total. The Hall–Kier alpha value is -2.18. The van der Waals surface area contributed by atoms with Gasteiger partial charge in [-0.2, -0.15) is 0 Å². The van der Waals surface area contributed by atoms with Gasteiger partial charge >= 0.3 is 0 Å². The first-order chi connectivity index (χ1) is 12.4. The van der Waals surface area contributed by atoms with Gasteiger partial charge in [0.05, 0.1) is 18.2 Å². The van der Waals surface area contributed by atoms with Crippen LogP contribution in [0.4, 0.5) is 0 Å². The molecule has 7 nitrogen and oxygen atoms in total. The number of amides is 2. The molecule has 2 fully saturated rings. The number of nitrogens with one attached hydrogen (secondary N) is 1. The summed E-state index contributed by atoms with van der Waals surface area (Å²) in [5.74, 6) is 1.17. The van der Waals surface area contributed by atoms with E-state index in [9.17, 15) is 14.4 Å². The highest BCUT2D eigenvalue weighted by Gasteiger charge is 2.38. The summed E-state index contributed by atoms with van der Waals surface area (Å²) in [6.45, 7) is 5.33. The average molecular weight is 358 g/mol. The number of carbonyl (C=O) groups is 2. The number of H-pyrrole nitrogens is 1. The van der Waals surface area contributed by atoms with Crippen molar-refractivity contribution in [1.82, 2.24) is 19.8 Å². The number of fused-ring (bicyclic) bond motifs is 1. The maximum atomic E-state index is 12.9. The molecule has 7 heteroatoms. The molecule has 2 aliphatic heterocycles.